The number of amides is 1. The number of nitrogens with two attached hydrogens (primary N) is 1. The van der Waals surface area contributed by atoms with E-state index in [2.05, 4.69) is 5.32 Å². The van der Waals surface area contributed by atoms with Gasteiger partial charge in [0.1, 0.15) is 0 Å². The largest absolute Gasteiger partial charge is 0.415 e. The molecule has 0 aromatic carbocycles. The van der Waals surface area contributed by atoms with Crippen molar-refractivity contribution >= 4 is 17.7 Å². The Kier molecular flexibility index (Phi) is 4.71. The minimum Gasteiger partial charge on any atom is -0.354 e. The number of hydrogen-bond acceptors (Lipinski definition) is 3. The van der Waals surface area contributed by atoms with Gasteiger partial charge in [0.15, 0.2) is 5.54 Å². The summed E-state index contributed by atoms with van der Waals surface area (Å²) in [6.45, 7) is 0.974. The molecule has 0 radical (unpaired) electrons. The van der Waals surface area contributed by atoms with E-state index in [4.69, 9.17) is 5.73 Å². The number of rotatable bonds is 3. The van der Waals surface area contributed by atoms with Crippen LogP contribution in [0.5, 0.6) is 0 Å². The van der Waals surface area contributed by atoms with Gasteiger partial charge in [-0.3, -0.25) is 4.79 Å². The molecule has 1 unspecified atom stereocenters. The van der Waals surface area contributed by atoms with Crippen molar-refractivity contribution in [2.45, 2.75) is 31.5 Å². The highest BCUT2D eigenvalue weighted by atomic mass is 32.2. The van der Waals surface area contributed by atoms with E-state index in [9.17, 15) is 18.0 Å². The first-order valence-corrected chi connectivity index (χ1v) is 6.62. The predicted molar refractivity (Wildman–Crippen MR) is 61.7 cm³/mol. The first kappa shape index (κ1) is 14.6. The smallest absolute Gasteiger partial charge is 0.354 e. The molecule has 0 spiro atoms. The molecule has 0 aliphatic carbocycles. The minimum absolute atomic E-state index is 0.268. The van der Waals surface area contributed by atoms with Crippen LogP contribution in [0, 0.1) is 5.92 Å². The third kappa shape index (κ3) is 3.77. The summed E-state index contributed by atoms with van der Waals surface area (Å²) in [5, 5.41) is 2.31. The van der Waals surface area contributed by atoms with Gasteiger partial charge < -0.3 is 11.1 Å². The molecule has 100 valence electrons. The van der Waals surface area contributed by atoms with Crippen LogP contribution >= 0.6 is 11.8 Å². The number of carbonyl (C=O) groups is 1. The Bertz CT molecular complexity index is 275. The van der Waals surface area contributed by atoms with Gasteiger partial charge in [-0.15, -0.1) is 0 Å². The molecule has 3 N–H and O–H groups in total. The molecule has 7 heteroatoms. The molecule has 1 atom stereocenters. The quantitative estimate of drug-likeness (QED) is 0.817. The fourth-order valence-electron chi connectivity index (χ4n) is 1.50. The lowest BCUT2D eigenvalue weighted by molar-refractivity contribution is -0.187. The van der Waals surface area contributed by atoms with Crippen molar-refractivity contribution in [3.8, 4) is 0 Å². The van der Waals surface area contributed by atoms with E-state index in [1.54, 1.807) is 0 Å². The third-order valence-electron chi connectivity index (χ3n) is 2.95. The fraction of sp³-hybridized carbons (Fsp3) is 0.900. The van der Waals surface area contributed by atoms with Gasteiger partial charge in [-0.2, -0.15) is 24.9 Å². The van der Waals surface area contributed by atoms with Crippen LogP contribution in [0.25, 0.3) is 0 Å². The lowest BCUT2D eigenvalue weighted by Crippen LogP contribution is -2.61. The molecule has 1 rings (SSSR count). The minimum atomic E-state index is -4.72. The molecule has 0 saturated carbocycles. The standard InChI is InChI=1S/C10H17F3N2OS/c1-9(14,10(11,12)13)8(16)15-6-7-2-4-17-5-3-7/h7H,2-6,14H2,1H3,(H,15,16). The summed E-state index contributed by atoms with van der Waals surface area (Å²) in [5.41, 5.74) is 2.20. The van der Waals surface area contributed by atoms with Gasteiger partial charge in [-0.1, -0.05) is 0 Å². The molecule has 1 heterocycles. The molecule has 1 aliphatic rings. The van der Waals surface area contributed by atoms with Crippen molar-refractivity contribution in [2.75, 3.05) is 18.1 Å². The zero-order chi connectivity index (χ0) is 13.1. The molecular weight excluding hydrogens is 253 g/mol. The molecule has 1 saturated heterocycles. The predicted octanol–water partition coefficient (Wildman–Crippen LogP) is 1.53. The topological polar surface area (TPSA) is 55.1 Å². The van der Waals surface area contributed by atoms with Crippen molar-refractivity contribution < 1.29 is 18.0 Å². The van der Waals surface area contributed by atoms with E-state index in [0.717, 1.165) is 24.3 Å². The zero-order valence-electron chi connectivity index (χ0n) is 9.64. The van der Waals surface area contributed by atoms with Crippen LogP contribution < -0.4 is 11.1 Å². The van der Waals surface area contributed by atoms with Gasteiger partial charge in [0.2, 0.25) is 5.91 Å². The van der Waals surface area contributed by atoms with Gasteiger partial charge in [0.25, 0.3) is 0 Å². The number of nitrogens with one attached hydrogen (secondary N) is 1. The number of halogens is 3. The number of hydrogen-bond donors (Lipinski definition) is 2. The van der Waals surface area contributed by atoms with Gasteiger partial charge in [0, 0.05) is 6.54 Å². The maximum Gasteiger partial charge on any atom is 0.415 e. The average Bonchev–Trinajstić information content (AvgIpc) is 2.25. The normalized spacial score (nSPS) is 21.9. The van der Waals surface area contributed by atoms with Crippen molar-refractivity contribution in [3.05, 3.63) is 0 Å². The summed E-state index contributed by atoms with van der Waals surface area (Å²) < 4.78 is 37.4. The second-order valence-electron chi connectivity index (χ2n) is 4.47. The van der Waals surface area contributed by atoms with Gasteiger partial charge in [-0.05, 0) is 37.2 Å². The number of carbonyl (C=O) groups excluding carboxylic acids is 1. The molecule has 1 aliphatic heterocycles. The first-order chi connectivity index (χ1) is 7.75. The summed E-state index contributed by atoms with van der Waals surface area (Å²) in [4.78, 5) is 11.4. The second-order valence-corrected chi connectivity index (χ2v) is 5.69. The van der Waals surface area contributed by atoms with Crippen molar-refractivity contribution in [1.29, 1.82) is 0 Å². The molecule has 0 aromatic heterocycles. The Labute approximate surface area is 103 Å². The second kappa shape index (κ2) is 5.48. The maximum atomic E-state index is 12.5. The van der Waals surface area contributed by atoms with Crippen LogP contribution in [0.2, 0.25) is 0 Å². The highest BCUT2D eigenvalue weighted by Crippen LogP contribution is 2.28. The monoisotopic (exact) mass is 270 g/mol. The van der Waals surface area contributed by atoms with E-state index in [1.165, 1.54) is 0 Å². The van der Waals surface area contributed by atoms with Crippen LogP contribution in [0.15, 0.2) is 0 Å². The van der Waals surface area contributed by atoms with Crippen LogP contribution in [0.1, 0.15) is 19.8 Å². The van der Waals surface area contributed by atoms with Gasteiger partial charge >= 0.3 is 6.18 Å². The average molecular weight is 270 g/mol. The van der Waals surface area contributed by atoms with E-state index < -0.39 is 17.6 Å². The van der Waals surface area contributed by atoms with E-state index in [0.29, 0.717) is 6.92 Å². The Morgan fingerprint density at radius 2 is 1.94 bits per heavy atom. The van der Waals surface area contributed by atoms with E-state index in [-0.39, 0.29) is 12.5 Å². The highest BCUT2D eigenvalue weighted by molar-refractivity contribution is 7.99. The number of thioether (sulfide) groups is 1. The van der Waals surface area contributed by atoms with Crippen LogP contribution in [0.4, 0.5) is 13.2 Å². The maximum absolute atomic E-state index is 12.5. The lowest BCUT2D eigenvalue weighted by atomic mass is 10.00. The molecule has 1 amide bonds. The molecule has 0 bridgehead atoms. The molecule has 17 heavy (non-hydrogen) atoms. The molecule has 3 nitrogen and oxygen atoms in total. The zero-order valence-corrected chi connectivity index (χ0v) is 10.5. The van der Waals surface area contributed by atoms with Gasteiger partial charge in [-0.25, -0.2) is 0 Å². The van der Waals surface area contributed by atoms with E-state index >= 15 is 0 Å². The van der Waals surface area contributed by atoms with Crippen molar-refractivity contribution in [2.24, 2.45) is 11.7 Å². The summed E-state index contributed by atoms with van der Waals surface area (Å²) in [7, 11) is 0. The Morgan fingerprint density at radius 1 is 1.41 bits per heavy atom. The van der Waals surface area contributed by atoms with E-state index in [1.807, 2.05) is 11.8 Å². The summed E-state index contributed by atoms with van der Waals surface area (Å²) in [6, 6.07) is 0. The van der Waals surface area contributed by atoms with Crippen LogP contribution in [-0.2, 0) is 4.79 Å². The highest BCUT2D eigenvalue weighted by Gasteiger charge is 2.53. The summed E-state index contributed by atoms with van der Waals surface area (Å²) in [5.74, 6) is 1.12. The van der Waals surface area contributed by atoms with Crippen molar-refractivity contribution in [1.82, 2.24) is 5.32 Å². The third-order valence-corrected chi connectivity index (χ3v) is 4.00. The Balaban J connectivity index is 2.43. The first-order valence-electron chi connectivity index (χ1n) is 5.47. The molecule has 1 fully saturated rings. The summed E-state index contributed by atoms with van der Waals surface area (Å²) in [6.07, 6.45) is -2.87. The Hall–Kier alpha value is -0.430. The molecular formula is C10H17F3N2OS. The Morgan fingerprint density at radius 3 is 2.41 bits per heavy atom. The molecule has 0 aromatic rings. The van der Waals surface area contributed by atoms with Crippen LogP contribution in [-0.4, -0.2) is 35.7 Å². The fourth-order valence-corrected chi connectivity index (χ4v) is 2.70. The van der Waals surface area contributed by atoms with Crippen molar-refractivity contribution in [3.63, 3.8) is 0 Å². The number of alkyl halides is 3. The lowest BCUT2D eigenvalue weighted by Gasteiger charge is -2.28. The van der Waals surface area contributed by atoms with Gasteiger partial charge in [0.05, 0.1) is 0 Å². The van der Waals surface area contributed by atoms with Crippen LogP contribution in [0.3, 0.4) is 0 Å². The summed E-state index contributed by atoms with van der Waals surface area (Å²) >= 11 is 1.83. The SMILES string of the molecule is CC(N)(C(=O)NCC1CCSCC1)C(F)(F)F.